The van der Waals surface area contributed by atoms with Gasteiger partial charge < -0.3 is 0 Å². The molecule has 0 bridgehead atoms. The molecule has 0 N–H and O–H groups in total. The van der Waals surface area contributed by atoms with Crippen LogP contribution in [0.5, 0.6) is 0 Å². The van der Waals surface area contributed by atoms with Crippen molar-refractivity contribution in [3.05, 3.63) is 22.5 Å². The summed E-state index contributed by atoms with van der Waals surface area (Å²) in [5.41, 5.74) is 0. The fourth-order valence-corrected chi connectivity index (χ4v) is 4.41. The van der Waals surface area contributed by atoms with Crippen LogP contribution in [0.25, 0.3) is 0 Å². The van der Waals surface area contributed by atoms with Gasteiger partial charge in [0.1, 0.15) is 0 Å². The molecule has 13 heavy (non-hydrogen) atoms. The van der Waals surface area contributed by atoms with Crippen LogP contribution >= 0.6 is 11.1 Å². The summed E-state index contributed by atoms with van der Waals surface area (Å²) in [5.74, 6) is 0. The first-order chi connectivity index (χ1) is 5.71. The second kappa shape index (κ2) is 3.41. The summed E-state index contributed by atoms with van der Waals surface area (Å²) in [7, 11) is -2.64. The van der Waals surface area contributed by atoms with E-state index >= 15 is 0 Å². The maximum absolute atomic E-state index is 6.41. The largest absolute Gasteiger partial charge is 0.177 e. The summed E-state index contributed by atoms with van der Waals surface area (Å²) in [5, 5.41) is 3.09. The predicted octanol–water partition coefficient (Wildman–Crippen LogP) is 4.10. The van der Waals surface area contributed by atoms with Gasteiger partial charge in [-0.3, -0.25) is 0 Å². The van der Waals surface area contributed by atoms with Gasteiger partial charge in [0, 0.05) is 0 Å². The minimum Gasteiger partial charge on any atom is -0.162 e. The molecule has 3 heteroatoms. The lowest BCUT2D eigenvalue weighted by molar-refractivity contribution is 1.37. The molecule has 1 aliphatic carbocycles. The molecule has 0 amide bonds. The van der Waals surface area contributed by atoms with E-state index < -0.39 is 15.5 Å². The lowest BCUT2D eigenvalue weighted by atomic mass is 10.5. The van der Waals surface area contributed by atoms with Crippen molar-refractivity contribution >= 4 is 26.5 Å². The highest BCUT2D eigenvalue weighted by atomic mass is 35.6. The van der Waals surface area contributed by atoms with Gasteiger partial charge in [-0.2, -0.15) is 11.1 Å². The predicted molar refractivity (Wildman–Crippen MR) is 67.5 cm³/mol. The number of halogens is 1. The number of hydrogen-bond acceptors (Lipinski definition) is 0. The van der Waals surface area contributed by atoms with Crippen molar-refractivity contribution in [2.75, 3.05) is 0 Å². The number of rotatable bonds is 2. The van der Waals surface area contributed by atoms with E-state index in [9.17, 15) is 0 Å². The Morgan fingerprint density at radius 1 is 1.15 bits per heavy atom. The molecule has 0 fully saturated rings. The fourth-order valence-electron chi connectivity index (χ4n) is 1.46. The molecule has 0 heterocycles. The van der Waals surface area contributed by atoms with Crippen LogP contribution in [0, 0.1) is 0 Å². The van der Waals surface area contributed by atoms with Gasteiger partial charge in [-0.15, -0.1) is 0 Å². The zero-order valence-corrected chi connectivity index (χ0v) is 12.0. The third-order valence-electron chi connectivity index (χ3n) is 2.50. The molecule has 0 spiro atoms. The molecule has 0 radical (unpaired) electrons. The van der Waals surface area contributed by atoms with Crippen molar-refractivity contribution < 1.29 is 0 Å². The molecule has 1 aliphatic rings. The third kappa shape index (κ3) is 2.83. The molecule has 0 atom stereocenters. The van der Waals surface area contributed by atoms with Gasteiger partial charge in [0.2, 0.25) is 0 Å². The minimum atomic E-state index is -1.54. The molecule has 0 aliphatic heterocycles. The summed E-state index contributed by atoms with van der Waals surface area (Å²) < 4.78 is 0. The first-order valence-corrected chi connectivity index (χ1v) is 12.3. The standard InChI is InChI=1S/C10H19ClSi2/c1-12(2,3)9-6-7-10(8-9)13(4,5)11/h6,8H,7H2,1-5H3. The highest BCUT2D eigenvalue weighted by Crippen LogP contribution is 2.32. The first-order valence-electron chi connectivity index (χ1n) is 4.82. The van der Waals surface area contributed by atoms with Crippen LogP contribution in [-0.2, 0) is 0 Å². The molecule has 74 valence electrons. The van der Waals surface area contributed by atoms with Crippen molar-refractivity contribution in [1.82, 2.24) is 0 Å². The van der Waals surface area contributed by atoms with Crippen LogP contribution in [0.1, 0.15) is 6.42 Å². The van der Waals surface area contributed by atoms with Gasteiger partial charge in [0.15, 0.2) is 7.38 Å². The smallest absolute Gasteiger partial charge is 0.162 e. The molecule has 0 unspecified atom stereocenters. The van der Waals surface area contributed by atoms with Crippen LogP contribution in [0.3, 0.4) is 0 Å². The van der Waals surface area contributed by atoms with Gasteiger partial charge in [-0.05, 0) is 6.42 Å². The second-order valence-corrected chi connectivity index (χ2v) is 16.8. The highest BCUT2D eigenvalue weighted by molar-refractivity contribution is 7.23. The van der Waals surface area contributed by atoms with Crippen molar-refractivity contribution in [1.29, 1.82) is 0 Å². The van der Waals surface area contributed by atoms with Crippen molar-refractivity contribution in [3.8, 4) is 0 Å². The summed E-state index contributed by atoms with van der Waals surface area (Å²) in [6.45, 7) is 11.6. The Labute approximate surface area is 88.4 Å². The maximum Gasteiger partial charge on any atom is 0.177 e. The van der Waals surface area contributed by atoms with Crippen molar-refractivity contribution in [2.45, 2.75) is 39.2 Å². The Hall–Kier alpha value is 0.204. The summed E-state index contributed by atoms with van der Waals surface area (Å²) in [4.78, 5) is 0. The third-order valence-corrected chi connectivity index (χ3v) is 7.19. The minimum absolute atomic E-state index is 1.10. The Morgan fingerprint density at radius 3 is 1.92 bits per heavy atom. The Bertz CT molecular complexity index is 264. The molecule has 0 saturated carbocycles. The normalized spacial score (nSPS) is 18.6. The Morgan fingerprint density at radius 2 is 1.69 bits per heavy atom. The molecular formula is C10H19ClSi2. The maximum atomic E-state index is 6.41. The van der Waals surface area contributed by atoms with E-state index in [0.29, 0.717) is 0 Å². The van der Waals surface area contributed by atoms with E-state index in [2.05, 4.69) is 44.9 Å². The monoisotopic (exact) mass is 230 g/mol. The Balaban J connectivity index is 2.84. The average molecular weight is 231 g/mol. The molecule has 0 aromatic carbocycles. The Kier molecular flexibility index (Phi) is 2.96. The number of hydrogen-bond donors (Lipinski definition) is 0. The summed E-state index contributed by atoms with van der Waals surface area (Å²) >= 11 is 6.41. The van der Waals surface area contributed by atoms with Gasteiger partial charge in [0.25, 0.3) is 0 Å². The van der Waals surface area contributed by atoms with E-state index in [0.717, 1.165) is 6.42 Å². The quantitative estimate of drug-likeness (QED) is 0.495. The zero-order valence-electron chi connectivity index (χ0n) is 9.24. The zero-order chi connectivity index (χ0) is 10.3. The van der Waals surface area contributed by atoms with Gasteiger partial charge in [-0.25, -0.2) is 0 Å². The van der Waals surface area contributed by atoms with E-state index in [-0.39, 0.29) is 0 Å². The van der Waals surface area contributed by atoms with Gasteiger partial charge in [-0.1, -0.05) is 55.3 Å². The molecule has 1 rings (SSSR count). The van der Waals surface area contributed by atoms with Crippen LogP contribution in [-0.4, -0.2) is 15.5 Å². The molecule has 0 saturated heterocycles. The highest BCUT2D eigenvalue weighted by Gasteiger charge is 2.28. The van der Waals surface area contributed by atoms with Crippen LogP contribution < -0.4 is 0 Å². The average Bonchev–Trinajstić information content (AvgIpc) is 2.28. The van der Waals surface area contributed by atoms with E-state index in [1.807, 2.05) is 0 Å². The van der Waals surface area contributed by atoms with Gasteiger partial charge in [0.05, 0.1) is 8.07 Å². The molecular weight excluding hydrogens is 212 g/mol. The van der Waals surface area contributed by atoms with E-state index in [1.54, 1.807) is 5.20 Å². The summed E-state index contributed by atoms with van der Waals surface area (Å²) in [6, 6.07) is 0. The summed E-state index contributed by atoms with van der Waals surface area (Å²) in [6.07, 6.45) is 5.88. The van der Waals surface area contributed by atoms with Crippen molar-refractivity contribution in [3.63, 3.8) is 0 Å². The molecule has 0 aromatic rings. The van der Waals surface area contributed by atoms with E-state index in [1.165, 1.54) is 5.20 Å². The lowest BCUT2D eigenvalue weighted by Gasteiger charge is -2.17. The fraction of sp³-hybridized carbons (Fsp3) is 0.600. The van der Waals surface area contributed by atoms with Crippen LogP contribution in [0.2, 0.25) is 32.7 Å². The lowest BCUT2D eigenvalue weighted by Crippen LogP contribution is -2.23. The van der Waals surface area contributed by atoms with Crippen LogP contribution in [0.4, 0.5) is 0 Å². The number of allylic oxidation sites excluding steroid dienone is 4. The molecule has 0 nitrogen and oxygen atoms in total. The van der Waals surface area contributed by atoms with Gasteiger partial charge >= 0.3 is 0 Å². The van der Waals surface area contributed by atoms with E-state index in [4.69, 9.17) is 11.1 Å². The topological polar surface area (TPSA) is 0 Å². The van der Waals surface area contributed by atoms with Crippen molar-refractivity contribution in [2.24, 2.45) is 0 Å². The SMILES string of the molecule is C[Si](C)(C)C1=CCC([Si](C)(C)Cl)=C1. The van der Waals surface area contributed by atoms with Crippen LogP contribution in [0.15, 0.2) is 22.5 Å². The first kappa shape index (κ1) is 11.3. The molecule has 0 aromatic heterocycles. The second-order valence-electron chi connectivity index (χ2n) is 5.26.